The molecule has 0 radical (unpaired) electrons. The minimum absolute atomic E-state index is 0.338. The van der Waals surface area contributed by atoms with E-state index in [9.17, 15) is 0 Å². The molecule has 1 aromatic rings. The van der Waals surface area contributed by atoms with E-state index < -0.39 is 0 Å². The van der Waals surface area contributed by atoms with Crippen molar-refractivity contribution in [1.29, 1.82) is 0 Å². The van der Waals surface area contributed by atoms with Crippen molar-refractivity contribution in [3.05, 3.63) is 35.9 Å². The lowest BCUT2D eigenvalue weighted by Gasteiger charge is -2.42. The summed E-state index contributed by atoms with van der Waals surface area (Å²) in [5, 5.41) is 3.54. The summed E-state index contributed by atoms with van der Waals surface area (Å²) < 4.78 is 0. The summed E-state index contributed by atoms with van der Waals surface area (Å²) in [6.07, 6.45) is 3.83. The van der Waals surface area contributed by atoms with Gasteiger partial charge in [0.2, 0.25) is 0 Å². The summed E-state index contributed by atoms with van der Waals surface area (Å²) in [6, 6.07) is 11.9. The summed E-state index contributed by atoms with van der Waals surface area (Å²) in [5.74, 6) is 0. The minimum atomic E-state index is 0.338. The molecule has 1 aliphatic heterocycles. The molecule has 0 spiro atoms. The van der Waals surface area contributed by atoms with Crippen LogP contribution >= 0.6 is 0 Å². The van der Waals surface area contributed by atoms with Crippen LogP contribution in [-0.4, -0.2) is 30.1 Å². The first-order valence-electron chi connectivity index (χ1n) is 7.59. The number of hydrogen-bond donors (Lipinski definition) is 1. The average molecular weight is 260 g/mol. The molecule has 2 nitrogen and oxygen atoms in total. The fourth-order valence-electron chi connectivity index (χ4n) is 3.62. The molecule has 106 valence electrons. The molecule has 0 aliphatic carbocycles. The second kappa shape index (κ2) is 6.06. The van der Waals surface area contributed by atoms with E-state index in [1.165, 1.54) is 31.4 Å². The van der Waals surface area contributed by atoms with E-state index in [1.807, 2.05) is 0 Å². The van der Waals surface area contributed by atoms with E-state index in [1.54, 1.807) is 0 Å². The van der Waals surface area contributed by atoms with Crippen LogP contribution in [-0.2, 0) is 0 Å². The maximum absolute atomic E-state index is 3.54. The van der Waals surface area contributed by atoms with Gasteiger partial charge in [-0.3, -0.25) is 4.90 Å². The Morgan fingerprint density at radius 3 is 2.42 bits per heavy atom. The number of likely N-dealkylation sites (N-methyl/N-ethyl adjacent to an activating group) is 1. The Labute approximate surface area is 118 Å². The van der Waals surface area contributed by atoms with E-state index in [0.717, 1.165) is 0 Å². The van der Waals surface area contributed by atoms with Gasteiger partial charge in [0.05, 0.1) is 0 Å². The number of hydrogen-bond acceptors (Lipinski definition) is 2. The first kappa shape index (κ1) is 14.5. The van der Waals surface area contributed by atoms with Gasteiger partial charge in [-0.25, -0.2) is 0 Å². The van der Waals surface area contributed by atoms with Crippen LogP contribution in [0.4, 0.5) is 0 Å². The fraction of sp³-hybridized carbons (Fsp3) is 0.647. The summed E-state index contributed by atoms with van der Waals surface area (Å²) in [5.41, 5.74) is 1.74. The van der Waals surface area contributed by atoms with Crippen LogP contribution in [0.15, 0.2) is 30.3 Å². The molecule has 1 aliphatic rings. The van der Waals surface area contributed by atoms with Gasteiger partial charge in [0.25, 0.3) is 0 Å². The van der Waals surface area contributed by atoms with Crippen molar-refractivity contribution < 1.29 is 0 Å². The largest absolute Gasteiger partial charge is 0.312 e. The fourth-order valence-corrected chi connectivity index (χ4v) is 3.62. The molecule has 2 atom stereocenters. The van der Waals surface area contributed by atoms with Crippen molar-refractivity contribution in [3.8, 4) is 0 Å². The van der Waals surface area contributed by atoms with Crippen LogP contribution in [0.3, 0.4) is 0 Å². The van der Waals surface area contributed by atoms with Crippen LogP contribution in [0, 0.1) is 0 Å². The Kier molecular flexibility index (Phi) is 4.64. The first-order valence-corrected chi connectivity index (χ1v) is 7.59. The molecule has 1 aromatic carbocycles. The quantitative estimate of drug-likeness (QED) is 0.870. The molecule has 0 amide bonds. The third kappa shape index (κ3) is 3.01. The number of rotatable bonds is 5. The molecular weight excluding hydrogens is 232 g/mol. The molecular formula is C17H28N2. The average Bonchev–Trinajstić information content (AvgIpc) is 2.76. The highest BCUT2D eigenvalue weighted by Crippen LogP contribution is 2.35. The number of nitrogens with zero attached hydrogens (tertiary/aromatic N) is 1. The summed E-state index contributed by atoms with van der Waals surface area (Å²) in [6.45, 7) is 8.32. The Hall–Kier alpha value is -0.860. The number of likely N-dealkylation sites (tertiary alicyclic amines) is 1. The Morgan fingerprint density at radius 1 is 1.26 bits per heavy atom. The lowest BCUT2D eigenvalue weighted by atomic mass is 9.92. The van der Waals surface area contributed by atoms with Gasteiger partial charge in [-0.1, -0.05) is 37.3 Å². The van der Waals surface area contributed by atoms with Gasteiger partial charge >= 0.3 is 0 Å². The van der Waals surface area contributed by atoms with E-state index in [4.69, 9.17) is 0 Å². The summed E-state index contributed by atoms with van der Waals surface area (Å²) in [7, 11) is 2.09. The zero-order valence-electron chi connectivity index (χ0n) is 12.8. The molecule has 1 fully saturated rings. The van der Waals surface area contributed by atoms with Crippen LogP contribution < -0.4 is 5.32 Å². The summed E-state index contributed by atoms with van der Waals surface area (Å²) >= 11 is 0. The van der Waals surface area contributed by atoms with Crippen molar-refractivity contribution in [2.75, 3.05) is 13.6 Å². The van der Waals surface area contributed by atoms with E-state index in [-0.39, 0.29) is 0 Å². The van der Waals surface area contributed by atoms with Crippen molar-refractivity contribution in [1.82, 2.24) is 10.2 Å². The van der Waals surface area contributed by atoms with Crippen molar-refractivity contribution in [2.24, 2.45) is 0 Å². The van der Waals surface area contributed by atoms with E-state index >= 15 is 0 Å². The maximum Gasteiger partial charge on any atom is 0.0475 e. The SMILES string of the molecule is CCC(C(NC)c1ccccc1)N1CCCC1(C)C. The van der Waals surface area contributed by atoms with Crippen LogP contribution in [0.2, 0.25) is 0 Å². The highest BCUT2D eigenvalue weighted by molar-refractivity contribution is 5.21. The molecule has 0 bridgehead atoms. The van der Waals surface area contributed by atoms with Gasteiger partial charge in [0, 0.05) is 17.6 Å². The summed E-state index contributed by atoms with van der Waals surface area (Å²) in [4.78, 5) is 2.71. The molecule has 1 saturated heterocycles. The monoisotopic (exact) mass is 260 g/mol. The van der Waals surface area contributed by atoms with Gasteiger partial charge in [-0.15, -0.1) is 0 Å². The zero-order chi connectivity index (χ0) is 13.9. The Bertz CT molecular complexity index is 386. The molecule has 0 aromatic heterocycles. The first-order chi connectivity index (χ1) is 9.10. The van der Waals surface area contributed by atoms with Crippen molar-refractivity contribution in [3.63, 3.8) is 0 Å². The zero-order valence-corrected chi connectivity index (χ0v) is 12.8. The molecule has 2 heteroatoms. The normalized spacial score (nSPS) is 22.3. The van der Waals surface area contributed by atoms with Gasteiger partial charge in [0.15, 0.2) is 0 Å². The predicted octanol–water partition coefficient (Wildman–Crippen LogP) is 3.60. The van der Waals surface area contributed by atoms with Crippen LogP contribution in [0.5, 0.6) is 0 Å². The topological polar surface area (TPSA) is 15.3 Å². The maximum atomic E-state index is 3.54. The molecule has 19 heavy (non-hydrogen) atoms. The second-order valence-electron chi connectivity index (χ2n) is 6.26. The van der Waals surface area contributed by atoms with Gasteiger partial charge in [-0.05, 0) is 52.3 Å². The third-order valence-electron chi connectivity index (χ3n) is 4.64. The molecule has 2 rings (SSSR count). The van der Waals surface area contributed by atoms with Crippen LogP contribution in [0.1, 0.15) is 51.6 Å². The van der Waals surface area contributed by atoms with Crippen molar-refractivity contribution in [2.45, 2.75) is 57.7 Å². The van der Waals surface area contributed by atoms with Crippen molar-refractivity contribution >= 4 is 0 Å². The van der Waals surface area contributed by atoms with E-state index in [2.05, 4.69) is 68.4 Å². The van der Waals surface area contributed by atoms with Gasteiger partial charge in [0.1, 0.15) is 0 Å². The predicted molar refractivity (Wildman–Crippen MR) is 82.3 cm³/mol. The number of nitrogens with one attached hydrogen (secondary N) is 1. The second-order valence-corrected chi connectivity index (χ2v) is 6.26. The number of benzene rings is 1. The Balaban J connectivity index is 2.24. The highest BCUT2D eigenvalue weighted by atomic mass is 15.3. The molecule has 0 saturated carbocycles. The lowest BCUT2D eigenvalue weighted by molar-refractivity contribution is 0.0873. The molecule has 1 N–H and O–H groups in total. The standard InChI is InChI=1S/C17H28N2/c1-5-15(19-13-9-12-17(19,2)3)16(18-4)14-10-7-6-8-11-14/h6-8,10-11,15-16,18H,5,9,12-13H2,1-4H3. The Morgan fingerprint density at radius 2 is 1.95 bits per heavy atom. The van der Waals surface area contributed by atoms with Gasteiger partial charge < -0.3 is 5.32 Å². The highest BCUT2D eigenvalue weighted by Gasteiger charge is 2.39. The molecule has 2 unspecified atom stereocenters. The minimum Gasteiger partial charge on any atom is -0.312 e. The van der Waals surface area contributed by atoms with E-state index in [0.29, 0.717) is 17.6 Å². The lowest BCUT2D eigenvalue weighted by Crippen LogP contribution is -2.50. The third-order valence-corrected chi connectivity index (χ3v) is 4.64. The van der Waals surface area contributed by atoms with Crippen LogP contribution in [0.25, 0.3) is 0 Å². The smallest absolute Gasteiger partial charge is 0.0475 e. The van der Waals surface area contributed by atoms with Gasteiger partial charge in [-0.2, -0.15) is 0 Å². The molecule has 1 heterocycles.